The number of benzene rings is 1. The number of hydrogen-bond acceptors (Lipinski definition) is 6. The Labute approximate surface area is 243 Å². The van der Waals surface area contributed by atoms with Crippen LogP contribution in [0.4, 0.5) is 4.39 Å². The van der Waals surface area contributed by atoms with E-state index < -0.39 is 17.3 Å². The number of rotatable bonds is 6. The molecule has 2 heterocycles. The van der Waals surface area contributed by atoms with Gasteiger partial charge in [-0.25, -0.2) is 13.9 Å². The van der Waals surface area contributed by atoms with Crippen molar-refractivity contribution < 1.29 is 23.5 Å². The van der Waals surface area contributed by atoms with Gasteiger partial charge in [-0.1, -0.05) is 24.6 Å². The number of fused-ring (bicyclic) bond motifs is 2. The summed E-state index contributed by atoms with van der Waals surface area (Å²) >= 11 is 5.84. The average Bonchev–Trinajstić information content (AvgIpc) is 3.55. The molecule has 41 heavy (non-hydrogen) atoms. The van der Waals surface area contributed by atoms with Crippen LogP contribution in [0.2, 0.25) is 5.02 Å². The summed E-state index contributed by atoms with van der Waals surface area (Å²) in [4.78, 5) is 43.7. The van der Waals surface area contributed by atoms with Crippen LogP contribution in [0.15, 0.2) is 36.5 Å². The fourth-order valence-electron chi connectivity index (χ4n) is 6.34. The Morgan fingerprint density at radius 3 is 2.56 bits per heavy atom. The second kappa shape index (κ2) is 11.4. The van der Waals surface area contributed by atoms with Crippen molar-refractivity contribution in [2.45, 2.75) is 71.6 Å². The van der Waals surface area contributed by atoms with E-state index in [1.807, 2.05) is 20.8 Å². The SMILES string of the molecule is CC1C(C(=O)OC(C)(C)C)CCC2C1CC[C@@H]2NC(=O)c1cc(C(=O)NCc2ccc(F)c(Cl)c2)nc2ccnn12. The van der Waals surface area contributed by atoms with E-state index in [1.54, 1.807) is 6.07 Å². The summed E-state index contributed by atoms with van der Waals surface area (Å²) in [5, 5.41) is 10.1. The minimum Gasteiger partial charge on any atom is -0.460 e. The van der Waals surface area contributed by atoms with E-state index in [-0.39, 0.29) is 58.6 Å². The Kier molecular flexibility index (Phi) is 8.05. The third kappa shape index (κ3) is 6.22. The van der Waals surface area contributed by atoms with Crippen molar-refractivity contribution in [1.82, 2.24) is 25.2 Å². The first kappa shape index (κ1) is 29.0. The third-order valence-corrected chi connectivity index (χ3v) is 8.58. The Balaban J connectivity index is 1.28. The number of aromatic nitrogens is 3. The molecule has 2 saturated carbocycles. The molecular formula is C30H35ClFN5O4. The lowest BCUT2D eigenvalue weighted by Crippen LogP contribution is -2.44. The zero-order chi connectivity index (χ0) is 29.5. The third-order valence-electron chi connectivity index (χ3n) is 8.29. The minimum absolute atomic E-state index is 0.0311. The number of esters is 1. The maximum atomic E-state index is 13.6. The summed E-state index contributed by atoms with van der Waals surface area (Å²) in [6, 6.07) is 7.22. The number of carbonyl (C=O) groups is 3. The van der Waals surface area contributed by atoms with Crippen LogP contribution in [0.25, 0.3) is 5.65 Å². The van der Waals surface area contributed by atoms with Crippen molar-refractivity contribution >= 4 is 35.0 Å². The topological polar surface area (TPSA) is 115 Å². The number of ether oxygens (including phenoxy) is 1. The van der Waals surface area contributed by atoms with Gasteiger partial charge in [-0.2, -0.15) is 5.10 Å². The van der Waals surface area contributed by atoms with Gasteiger partial charge in [-0.3, -0.25) is 14.4 Å². The molecule has 0 bridgehead atoms. The predicted octanol–water partition coefficient (Wildman–Crippen LogP) is 4.96. The molecular weight excluding hydrogens is 549 g/mol. The number of hydrogen-bond donors (Lipinski definition) is 2. The van der Waals surface area contributed by atoms with Crippen LogP contribution >= 0.6 is 11.6 Å². The van der Waals surface area contributed by atoms with Crippen molar-refractivity contribution in [2.75, 3.05) is 0 Å². The highest BCUT2D eigenvalue weighted by atomic mass is 35.5. The molecule has 4 unspecified atom stereocenters. The monoisotopic (exact) mass is 583 g/mol. The van der Waals surface area contributed by atoms with Gasteiger partial charge in [0.05, 0.1) is 17.1 Å². The van der Waals surface area contributed by atoms with Crippen LogP contribution in [0, 0.1) is 29.5 Å². The molecule has 9 nitrogen and oxygen atoms in total. The molecule has 11 heteroatoms. The fraction of sp³-hybridized carbons (Fsp3) is 0.500. The first-order valence-electron chi connectivity index (χ1n) is 14.0. The van der Waals surface area contributed by atoms with Gasteiger partial charge in [-0.05, 0) is 81.9 Å². The molecule has 218 valence electrons. The molecule has 0 spiro atoms. The number of nitrogens with one attached hydrogen (secondary N) is 2. The van der Waals surface area contributed by atoms with Gasteiger partial charge < -0.3 is 15.4 Å². The normalized spacial score (nSPS) is 24.1. The van der Waals surface area contributed by atoms with Crippen molar-refractivity contribution in [1.29, 1.82) is 0 Å². The highest BCUT2D eigenvalue weighted by Crippen LogP contribution is 2.48. The molecule has 3 aromatic rings. The highest BCUT2D eigenvalue weighted by Gasteiger charge is 2.47. The number of carbonyl (C=O) groups excluding carboxylic acids is 3. The van der Waals surface area contributed by atoms with Crippen molar-refractivity contribution in [3.05, 3.63) is 64.3 Å². The van der Waals surface area contributed by atoms with Crippen molar-refractivity contribution in [2.24, 2.45) is 23.7 Å². The van der Waals surface area contributed by atoms with Crippen LogP contribution in [0.3, 0.4) is 0 Å². The molecule has 2 aromatic heterocycles. The molecule has 5 rings (SSSR count). The van der Waals surface area contributed by atoms with Crippen LogP contribution in [-0.4, -0.2) is 44.0 Å². The molecule has 5 atom stereocenters. The first-order valence-corrected chi connectivity index (χ1v) is 14.4. The van der Waals surface area contributed by atoms with E-state index in [1.165, 1.54) is 35.0 Å². The Morgan fingerprint density at radius 2 is 1.83 bits per heavy atom. The molecule has 1 aromatic carbocycles. The maximum absolute atomic E-state index is 13.6. The van der Waals surface area contributed by atoms with Gasteiger partial charge in [0.2, 0.25) is 0 Å². The second-order valence-electron chi connectivity index (χ2n) is 12.1. The molecule has 0 saturated heterocycles. The van der Waals surface area contributed by atoms with Gasteiger partial charge in [0.25, 0.3) is 11.8 Å². The second-order valence-corrected chi connectivity index (χ2v) is 12.5. The van der Waals surface area contributed by atoms with Gasteiger partial charge >= 0.3 is 5.97 Å². The van der Waals surface area contributed by atoms with E-state index in [2.05, 4.69) is 27.6 Å². The summed E-state index contributed by atoms with van der Waals surface area (Å²) in [5.74, 6) is -0.905. The van der Waals surface area contributed by atoms with Gasteiger partial charge in [0.15, 0.2) is 5.65 Å². The van der Waals surface area contributed by atoms with Gasteiger partial charge in [0, 0.05) is 24.7 Å². The van der Waals surface area contributed by atoms with E-state index in [0.29, 0.717) is 17.1 Å². The summed E-state index contributed by atoms with van der Waals surface area (Å²) < 4.78 is 20.6. The summed E-state index contributed by atoms with van der Waals surface area (Å²) in [5.41, 5.74) is 0.733. The van der Waals surface area contributed by atoms with E-state index in [0.717, 1.165) is 25.7 Å². The quantitative estimate of drug-likeness (QED) is 0.396. The largest absolute Gasteiger partial charge is 0.460 e. The molecule has 2 aliphatic carbocycles. The number of amides is 2. The minimum atomic E-state index is -0.538. The smallest absolute Gasteiger partial charge is 0.309 e. The number of nitrogens with zero attached hydrogens (tertiary/aromatic N) is 3. The van der Waals surface area contributed by atoms with E-state index in [4.69, 9.17) is 16.3 Å². The zero-order valence-corrected chi connectivity index (χ0v) is 24.4. The summed E-state index contributed by atoms with van der Waals surface area (Å²) in [6.45, 7) is 7.88. The molecule has 0 aliphatic heterocycles. The molecule has 0 radical (unpaired) electrons. The van der Waals surface area contributed by atoms with Gasteiger partial charge in [-0.15, -0.1) is 0 Å². The average molecular weight is 584 g/mol. The molecule has 2 amide bonds. The summed E-state index contributed by atoms with van der Waals surface area (Å²) in [6.07, 6.45) is 4.81. The Morgan fingerprint density at radius 1 is 1.07 bits per heavy atom. The van der Waals surface area contributed by atoms with E-state index in [9.17, 15) is 18.8 Å². The Hall–Kier alpha value is -3.53. The summed E-state index contributed by atoms with van der Waals surface area (Å²) in [7, 11) is 0. The molecule has 2 N–H and O–H groups in total. The van der Waals surface area contributed by atoms with Crippen LogP contribution in [-0.2, 0) is 16.1 Å². The zero-order valence-electron chi connectivity index (χ0n) is 23.6. The van der Waals surface area contributed by atoms with Crippen LogP contribution in [0.1, 0.15) is 79.9 Å². The lowest BCUT2D eigenvalue weighted by molar-refractivity contribution is -0.164. The number of halogens is 2. The van der Waals surface area contributed by atoms with Crippen molar-refractivity contribution in [3.63, 3.8) is 0 Å². The van der Waals surface area contributed by atoms with E-state index >= 15 is 0 Å². The highest BCUT2D eigenvalue weighted by molar-refractivity contribution is 6.30. The maximum Gasteiger partial charge on any atom is 0.309 e. The fourth-order valence-corrected chi connectivity index (χ4v) is 6.55. The Bertz CT molecular complexity index is 1490. The van der Waals surface area contributed by atoms with Gasteiger partial charge in [0.1, 0.15) is 22.8 Å². The predicted molar refractivity (Wildman–Crippen MR) is 151 cm³/mol. The van der Waals surface area contributed by atoms with Crippen LogP contribution in [0.5, 0.6) is 0 Å². The molecule has 2 aliphatic rings. The van der Waals surface area contributed by atoms with Crippen LogP contribution < -0.4 is 10.6 Å². The lowest BCUT2D eigenvalue weighted by atomic mass is 9.68. The first-order chi connectivity index (χ1) is 19.4. The standard InChI is InChI=1S/C30H35ClFN5O4/c1-16-18-8-10-23(20(18)7-6-19(16)29(40)41-30(2,3)4)36-28(39)25-14-24(35-26-11-12-34-37(25)26)27(38)33-15-17-5-9-22(32)21(31)13-17/h5,9,11-14,16,18-20,23H,6-8,10,15H2,1-4H3,(H,33,38)(H,36,39)/t16?,18?,19?,20?,23-/m0/s1. The molecule has 2 fully saturated rings. The lowest BCUT2D eigenvalue weighted by Gasteiger charge is -2.39. The van der Waals surface area contributed by atoms with Crippen molar-refractivity contribution in [3.8, 4) is 0 Å².